The second-order valence-electron chi connectivity index (χ2n) is 6.65. The van der Waals surface area contributed by atoms with Gasteiger partial charge in [0.1, 0.15) is 6.29 Å². The Morgan fingerprint density at radius 1 is 1.11 bits per heavy atom. The first-order chi connectivity index (χ1) is 8.97. The molecule has 0 saturated heterocycles. The molecule has 1 aromatic carbocycles. The summed E-state index contributed by atoms with van der Waals surface area (Å²) in [5.41, 5.74) is 4.04. The number of carbonyl (C=O) groups is 1. The van der Waals surface area contributed by atoms with Gasteiger partial charge in [0, 0.05) is 5.02 Å². The van der Waals surface area contributed by atoms with E-state index in [0.717, 1.165) is 35.3 Å². The van der Waals surface area contributed by atoms with Gasteiger partial charge in [-0.2, -0.15) is 0 Å². The van der Waals surface area contributed by atoms with Crippen molar-refractivity contribution in [2.24, 2.45) is 10.8 Å². The Morgan fingerprint density at radius 2 is 1.74 bits per heavy atom. The normalized spacial score (nSPS) is 23.5. The highest BCUT2D eigenvalue weighted by atomic mass is 35.5. The van der Waals surface area contributed by atoms with Gasteiger partial charge >= 0.3 is 0 Å². The number of hydrogen-bond donors (Lipinski definition) is 0. The highest BCUT2D eigenvalue weighted by molar-refractivity contribution is 6.30. The fourth-order valence-electron chi connectivity index (χ4n) is 3.51. The molecule has 2 heteroatoms. The number of carbonyl (C=O) groups excluding carboxylic acids is 1. The Hall–Kier alpha value is -1.08. The summed E-state index contributed by atoms with van der Waals surface area (Å²) >= 11 is 5.95. The van der Waals surface area contributed by atoms with E-state index in [-0.39, 0.29) is 5.41 Å². The predicted molar refractivity (Wildman–Crippen MR) is 79.1 cm³/mol. The maximum Gasteiger partial charge on any atom is 0.146 e. The zero-order valence-corrected chi connectivity index (χ0v) is 12.3. The quantitative estimate of drug-likeness (QED) is 0.702. The third-order valence-corrected chi connectivity index (χ3v) is 5.41. The second kappa shape index (κ2) is 4.21. The molecule has 0 amide bonds. The molecule has 0 aromatic heterocycles. The average molecular weight is 275 g/mol. The van der Waals surface area contributed by atoms with E-state index in [1.165, 1.54) is 18.4 Å². The number of rotatable bonds is 2. The lowest BCUT2D eigenvalue weighted by molar-refractivity contribution is -0.105. The van der Waals surface area contributed by atoms with Crippen LogP contribution < -0.4 is 0 Å². The average Bonchev–Trinajstić information content (AvgIpc) is 3.15. The molecule has 1 fully saturated rings. The summed E-state index contributed by atoms with van der Waals surface area (Å²) in [4.78, 5) is 11.5. The maximum atomic E-state index is 11.5. The summed E-state index contributed by atoms with van der Waals surface area (Å²) in [5.74, 6) is 0. The summed E-state index contributed by atoms with van der Waals surface area (Å²) in [6.07, 6.45) is 5.54. The summed E-state index contributed by atoms with van der Waals surface area (Å²) in [6, 6.07) is 7.87. The van der Waals surface area contributed by atoms with Crippen molar-refractivity contribution in [1.29, 1.82) is 0 Å². The second-order valence-corrected chi connectivity index (χ2v) is 7.08. The van der Waals surface area contributed by atoms with Crippen molar-refractivity contribution >= 4 is 23.5 Å². The van der Waals surface area contributed by atoms with Gasteiger partial charge in [-0.1, -0.05) is 37.6 Å². The Bertz CT molecular complexity index is 547. The number of aldehydes is 1. The monoisotopic (exact) mass is 274 g/mol. The van der Waals surface area contributed by atoms with Crippen LogP contribution in [0.25, 0.3) is 5.57 Å². The molecule has 1 aromatic rings. The minimum atomic E-state index is 0.286. The van der Waals surface area contributed by atoms with E-state index < -0.39 is 0 Å². The third-order valence-electron chi connectivity index (χ3n) is 5.16. The van der Waals surface area contributed by atoms with Crippen LogP contribution in [-0.4, -0.2) is 6.29 Å². The van der Waals surface area contributed by atoms with Crippen LogP contribution in [0.1, 0.15) is 45.1 Å². The van der Waals surface area contributed by atoms with Crippen molar-refractivity contribution in [1.82, 2.24) is 0 Å². The van der Waals surface area contributed by atoms with Gasteiger partial charge in [-0.25, -0.2) is 0 Å². The number of benzene rings is 1. The van der Waals surface area contributed by atoms with E-state index in [1.54, 1.807) is 0 Å². The predicted octanol–water partition coefficient (Wildman–Crippen LogP) is 4.89. The van der Waals surface area contributed by atoms with E-state index in [0.29, 0.717) is 5.41 Å². The maximum absolute atomic E-state index is 11.5. The molecule has 0 heterocycles. The first-order valence-electron chi connectivity index (χ1n) is 6.91. The molecule has 1 saturated carbocycles. The molecule has 19 heavy (non-hydrogen) atoms. The van der Waals surface area contributed by atoms with Crippen LogP contribution in [0.5, 0.6) is 0 Å². The lowest BCUT2D eigenvalue weighted by Gasteiger charge is -2.41. The molecule has 2 aliphatic carbocycles. The fourth-order valence-corrected chi connectivity index (χ4v) is 3.64. The number of allylic oxidation sites excluding steroid dienone is 2. The van der Waals surface area contributed by atoms with Crippen LogP contribution in [0.15, 0.2) is 29.8 Å². The summed E-state index contributed by atoms with van der Waals surface area (Å²) in [6.45, 7) is 4.69. The molecule has 0 aliphatic heterocycles. The van der Waals surface area contributed by atoms with Gasteiger partial charge < -0.3 is 0 Å². The molecular formula is C17H19ClO. The standard InChI is InChI=1S/C17H19ClO/c1-16(2)10-15(12-3-5-14(18)6-4-12)13(11-19)9-17(16)7-8-17/h3-6,11H,7-10H2,1-2H3. The molecule has 3 rings (SSSR count). The van der Waals surface area contributed by atoms with Gasteiger partial charge in [0.15, 0.2) is 0 Å². The largest absolute Gasteiger partial charge is 0.298 e. The molecule has 0 unspecified atom stereocenters. The highest BCUT2D eigenvalue weighted by Crippen LogP contribution is 2.67. The lowest BCUT2D eigenvalue weighted by Crippen LogP contribution is -2.31. The van der Waals surface area contributed by atoms with Crippen molar-refractivity contribution < 1.29 is 4.79 Å². The number of hydrogen-bond acceptors (Lipinski definition) is 1. The van der Waals surface area contributed by atoms with E-state index in [9.17, 15) is 4.79 Å². The summed E-state index contributed by atoms with van der Waals surface area (Å²) in [7, 11) is 0. The van der Waals surface area contributed by atoms with Crippen molar-refractivity contribution in [3.05, 3.63) is 40.4 Å². The fraction of sp³-hybridized carbons (Fsp3) is 0.471. The highest BCUT2D eigenvalue weighted by Gasteiger charge is 2.56. The van der Waals surface area contributed by atoms with E-state index >= 15 is 0 Å². The SMILES string of the molecule is CC1(C)CC(c2ccc(Cl)cc2)=C(C=O)CC12CC2. The Balaban J connectivity index is 2.05. The van der Waals surface area contributed by atoms with Gasteiger partial charge in [-0.05, 0) is 65.4 Å². The molecule has 1 spiro atoms. The third kappa shape index (κ3) is 2.04. The smallest absolute Gasteiger partial charge is 0.146 e. The van der Waals surface area contributed by atoms with Crippen LogP contribution in [-0.2, 0) is 4.79 Å². The molecule has 1 nitrogen and oxygen atoms in total. The van der Waals surface area contributed by atoms with Crippen molar-refractivity contribution in [3.63, 3.8) is 0 Å². The van der Waals surface area contributed by atoms with Crippen molar-refractivity contribution in [3.8, 4) is 0 Å². The minimum absolute atomic E-state index is 0.286. The molecular weight excluding hydrogens is 256 g/mol. The van der Waals surface area contributed by atoms with Crippen LogP contribution in [0.3, 0.4) is 0 Å². The van der Waals surface area contributed by atoms with E-state index in [4.69, 9.17) is 11.6 Å². The van der Waals surface area contributed by atoms with E-state index in [2.05, 4.69) is 13.8 Å². The Kier molecular flexibility index (Phi) is 2.86. The van der Waals surface area contributed by atoms with Gasteiger partial charge in [0.2, 0.25) is 0 Å². The lowest BCUT2D eigenvalue weighted by atomic mass is 9.63. The van der Waals surface area contributed by atoms with Gasteiger partial charge in [-0.3, -0.25) is 4.79 Å². The van der Waals surface area contributed by atoms with Crippen molar-refractivity contribution in [2.45, 2.75) is 39.5 Å². The van der Waals surface area contributed by atoms with Crippen LogP contribution >= 0.6 is 11.6 Å². The number of halogens is 1. The van der Waals surface area contributed by atoms with Gasteiger partial charge in [-0.15, -0.1) is 0 Å². The minimum Gasteiger partial charge on any atom is -0.298 e. The summed E-state index contributed by atoms with van der Waals surface area (Å²) in [5, 5.41) is 0.741. The summed E-state index contributed by atoms with van der Waals surface area (Å²) < 4.78 is 0. The van der Waals surface area contributed by atoms with Crippen LogP contribution in [0, 0.1) is 10.8 Å². The van der Waals surface area contributed by atoms with Crippen molar-refractivity contribution in [2.75, 3.05) is 0 Å². The zero-order chi connectivity index (χ0) is 13.7. The zero-order valence-electron chi connectivity index (χ0n) is 11.5. The topological polar surface area (TPSA) is 17.1 Å². The van der Waals surface area contributed by atoms with Gasteiger partial charge in [0.05, 0.1) is 0 Å². The molecule has 2 aliphatic rings. The van der Waals surface area contributed by atoms with Crippen LogP contribution in [0.2, 0.25) is 5.02 Å². The molecule has 0 atom stereocenters. The Morgan fingerprint density at radius 3 is 2.26 bits per heavy atom. The molecule has 0 radical (unpaired) electrons. The van der Waals surface area contributed by atoms with Gasteiger partial charge in [0.25, 0.3) is 0 Å². The first kappa shape index (κ1) is 12.9. The van der Waals surface area contributed by atoms with E-state index in [1.807, 2.05) is 24.3 Å². The molecule has 0 bridgehead atoms. The first-order valence-corrected chi connectivity index (χ1v) is 7.28. The Labute approximate surface area is 119 Å². The van der Waals surface area contributed by atoms with Crippen LogP contribution in [0.4, 0.5) is 0 Å². The molecule has 100 valence electrons. The molecule has 0 N–H and O–H groups in total.